The van der Waals surface area contributed by atoms with Crippen LogP contribution in [-0.2, 0) is 18.4 Å². The molecule has 0 aliphatic rings. The molecule has 0 radical (unpaired) electrons. The highest BCUT2D eigenvalue weighted by Crippen LogP contribution is 2.20. The Hall–Kier alpha value is -1.34. The van der Waals surface area contributed by atoms with E-state index in [0.717, 1.165) is 10.0 Å². The normalized spacial score (nSPS) is 12.3. The second-order valence-corrected chi connectivity index (χ2v) is 6.12. The van der Waals surface area contributed by atoms with E-state index < -0.39 is 0 Å². The van der Waals surface area contributed by atoms with Crippen LogP contribution < -0.4 is 5.32 Å². The third-order valence-electron chi connectivity index (χ3n) is 2.34. The summed E-state index contributed by atoms with van der Waals surface area (Å²) in [6.07, 6.45) is 1.62. The second kappa shape index (κ2) is 6.01. The zero-order valence-corrected chi connectivity index (χ0v) is 11.8. The van der Waals surface area contributed by atoms with Gasteiger partial charge in [-0.15, -0.1) is 21.5 Å². The summed E-state index contributed by atoms with van der Waals surface area (Å²) in [6, 6.07) is 3.98. The van der Waals surface area contributed by atoms with E-state index in [1.54, 1.807) is 22.2 Å². The predicted molar refractivity (Wildman–Crippen MR) is 72.5 cm³/mol. The maximum absolute atomic E-state index is 11.9. The summed E-state index contributed by atoms with van der Waals surface area (Å²) in [5.74, 6) is 0.0106. The van der Waals surface area contributed by atoms with Gasteiger partial charge in [0.05, 0.1) is 11.8 Å². The molecule has 0 aliphatic heterocycles. The number of aryl methyl sites for hydroxylation is 1. The minimum Gasteiger partial charge on any atom is -0.350 e. The van der Waals surface area contributed by atoms with Crippen molar-refractivity contribution in [2.45, 2.75) is 23.9 Å². The molecule has 2 aromatic rings. The van der Waals surface area contributed by atoms with Crippen LogP contribution in [0.1, 0.15) is 11.8 Å². The monoisotopic (exact) mass is 282 g/mol. The summed E-state index contributed by atoms with van der Waals surface area (Å²) in [7, 11) is 1.86. The van der Waals surface area contributed by atoms with Crippen LogP contribution in [0.4, 0.5) is 0 Å². The fourth-order valence-corrected chi connectivity index (χ4v) is 2.78. The maximum atomic E-state index is 11.9. The van der Waals surface area contributed by atoms with Gasteiger partial charge in [-0.1, -0.05) is 17.8 Å². The molecule has 0 bridgehead atoms. The zero-order valence-electron chi connectivity index (χ0n) is 10.2. The van der Waals surface area contributed by atoms with E-state index in [1.807, 2.05) is 31.5 Å². The molecular weight excluding hydrogens is 268 g/mol. The smallest absolute Gasteiger partial charge is 0.233 e. The Bertz CT molecular complexity index is 509. The molecule has 7 heteroatoms. The van der Waals surface area contributed by atoms with E-state index >= 15 is 0 Å². The van der Waals surface area contributed by atoms with Crippen LogP contribution >= 0.6 is 23.1 Å². The molecule has 0 aliphatic carbocycles. The summed E-state index contributed by atoms with van der Waals surface area (Å²) < 4.78 is 1.80. The first kappa shape index (κ1) is 13.1. The number of amides is 1. The molecule has 0 saturated heterocycles. The number of rotatable bonds is 5. The van der Waals surface area contributed by atoms with Crippen molar-refractivity contribution in [2.24, 2.45) is 7.05 Å². The van der Waals surface area contributed by atoms with Gasteiger partial charge in [0, 0.05) is 11.9 Å². The van der Waals surface area contributed by atoms with Crippen molar-refractivity contribution in [1.29, 1.82) is 0 Å². The molecule has 0 saturated carbocycles. The fourth-order valence-electron chi connectivity index (χ4n) is 1.32. The minimum absolute atomic E-state index is 0.0106. The molecule has 2 aromatic heterocycles. The predicted octanol–water partition coefficient (Wildman–Crippen LogP) is 1.67. The lowest BCUT2D eigenvalue weighted by Crippen LogP contribution is -2.30. The molecule has 2 rings (SSSR count). The van der Waals surface area contributed by atoms with Crippen LogP contribution in [0.15, 0.2) is 29.0 Å². The van der Waals surface area contributed by atoms with E-state index in [2.05, 4.69) is 15.5 Å². The van der Waals surface area contributed by atoms with E-state index in [-0.39, 0.29) is 11.2 Å². The molecular formula is C11H14N4OS2. The van der Waals surface area contributed by atoms with E-state index in [9.17, 15) is 4.79 Å². The molecule has 0 fully saturated rings. The lowest BCUT2D eigenvalue weighted by Gasteiger charge is -2.10. The molecule has 5 nitrogen and oxygen atoms in total. The molecule has 1 amide bonds. The Kier molecular flexibility index (Phi) is 4.38. The lowest BCUT2D eigenvalue weighted by molar-refractivity contribution is -0.120. The lowest BCUT2D eigenvalue weighted by atomic mass is 10.4. The van der Waals surface area contributed by atoms with E-state index in [0.29, 0.717) is 6.54 Å². The highest BCUT2D eigenvalue weighted by molar-refractivity contribution is 8.00. The summed E-state index contributed by atoms with van der Waals surface area (Å²) in [5, 5.41) is 13.2. The number of carbonyl (C=O) groups is 1. The topological polar surface area (TPSA) is 59.8 Å². The number of carbonyl (C=O) groups excluding carboxylic acids is 1. The van der Waals surface area contributed by atoms with Crippen molar-refractivity contribution in [3.05, 3.63) is 28.7 Å². The second-order valence-electron chi connectivity index (χ2n) is 3.78. The van der Waals surface area contributed by atoms with Gasteiger partial charge in [0.1, 0.15) is 6.33 Å². The molecule has 1 unspecified atom stereocenters. The van der Waals surface area contributed by atoms with Gasteiger partial charge in [-0.2, -0.15) is 0 Å². The molecule has 0 spiro atoms. The standard InChI is InChI=1S/C11H14N4OS2/c1-8(18-11-14-13-7-15(11)2)10(16)12-6-9-4-3-5-17-9/h3-5,7-8H,6H2,1-2H3,(H,12,16). The van der Waals surface area contributed by atoms with Crippen molar-refractivity contribution < 1.29 is 4.79 Å². The number of thioether (sulfide) groups is 1. The first-order valence-electron chi connectivity index (χ1n) is 5.47. The quantitative estimate of drug-likeness (QED) is 0.848. The Morgan fingerprint density at radius 2 is 2.50 bits per heavy atom. The highest BCUT2D eigenvalue weighted by atomic mass is 32.2. The van der Waals surface area contributed by atoms with Gasteiger partial charge in [-0.25, -0.2) is 0 Å². The molecule has 1 atom stereocenters. The van der Waals surface area contributed by atoms with Gasteiger partial charge in [0.25, 0.3) is 0 Å². The van der Waals surface area contributed by atoms with Crippen LogP contribution in [-0.4, -0.2) is 25.9 Å². The molecule has 2 heterocycles. The maximum Gasteiger partial charge on any atom is 0.233 e. The van der Waals surface area contributed by atoms with Crippen LogP contribution in [0.25, 0.3) is 0 Å². The Labute approximate surface area is 114 Å². The summed E-state index contributed by atoms with van der Waals surface area (Å²) in [4.78, 5) is 13.0. The van der Waals surface area contributed by atoms with Gasteiger partial charge in [0.2, 0.25) is 5.91 Å². The van der Waals surface area contributed by atoms with Gasteiger partial charge >= 0.3 is 0 Å². The molecule has 1 N–H and O–H groups in total. The Morgan fingerprint density at radius 1 is 1.67 bits per heavy atom. The minimum atomic E-state index is -0.187. The van der Waals surface area contributed by atoms with Crippen molar-refractivity contribution in [2.75, 3.05) is 0 Å². The van der Waals surface area contributed by atoms with Gasteiger partial charge < -0.3 is 9.88 Å². The van der Waals surface area contributed by atoms with E-state index in [1.165, 1.54) is 11.8 Å². The van der Waals surface area contributed by atoms with Gasteiger partial charge in [-0.05, 0) is 18.4 Å². The average molecular weight is 282 g/mol. The number of nitrogens with zero attached hydrogens (tertiary/aromatic N) is 3. The van der Waals surface area contributed by atoms with Crippen LogP contribution in [0.2, 0.25) is 0 Å². The summed E-state index contributed by atoms with van der Waals surface area (Å²) in [6.45, 7) is 2.45. The number of nitrogens with one attached hydrogen (secondary N) is 1. The van der Waals surface area contributed by atoms with Crippen LogP contribution in [0.5, 0.6) is 0 Å². The SMILES string of the molecule is CC(Sc1nncn1C)C(=O)NCc1cccs1. The number of aromatic nitrogens is 3. The largest absolute Gasteiger partial charge is 0.350 e. The highest BCUT2D eigenvalue weighted by Gasteiger charge is 2.16. The third-order valence-corrected chi connectivity index (χ3v) is 4.36. The summed E-state index contributed by atoms with van der Waals surface area (Å²) in [5.41, 5.74) is 0. The number of hydrogen-bond acceptors (Lipinski definition) is 5. The molecule has 18 heavy (non-hydrogen) atoms. The van der Waals surface area contributed by atoms with Crippen molar-refractivity contribution in [3.63, 3.8) is 0 Å². The van der Waals surface area contributed by atoms with Crippen molar-refractivity contribution in [3.8, 4) is 0 Å². The first-order valence-corrected chi connectivity index (χ1v) is 7.23. The average Bonchev–Trinajstić information content (AvgIpc) is 2.99. The number of thiophene rings is 1. The summed E-state index contributed by atoms with van der Waals surface area (Å²) >= 11 is 3.04. The fraction of sp³-hybridized carbons (Fsp3) is 0.364. The van der Waals surface area contributed by atoms with Crippen molar-refractivity contribution >= 4 is 29.0 Å². The van der Waals surface area contributed by atoms with E-state index in [4.69, 9.17) is 0 Å². The van der Waals surface area contributed by atoms with Gasteiger partial charge in [-0.3, -0.25) is 4.79 Å². The van der Waals surface area contributed by atoms with Gasteiger partial charge in [0.15, 0.2) is 5.16 Å². The Balaban J connectivity index is 1.83. The van der Waals surface area contributed by atoms with Crippen LogP contribution in [0, 0.1) is 0 Å². The molecule has 96 valence electrons. The zero-order chi connectivity index (χ0) is 13.0. The number of hydrogen-bond donors (Lipinski definition) is 1. The Morgan fingerprint density at radius 3 is 3.11 bits per heavy atom. The third kappa shape index (κ3) is 3.33. The van der Waals surface area contributed by atoms with Crippen LogP contribution in [0.3, 0.4) is 0 Å². The first-order chi connectivity index (χ1) is 8.66. The molecule has 0 aromatic carbocycles. The van der Waals surface area contributed by atoms with Crippen molar-refractivity contribution in [1.82, 2.24) is 20.1 Å².